The van der Waals surface area contributed by atoms with Gasteiger partial charge in [0.05, 0.1) is 5.69 Å². The number of ether oxygens (including phenoxy) is 1. The smallest absolute Gasteiger partial charge is 0.174 e. The highest BCUT2D eigenvalue weighted by atomic mass is 16.5. The van der Waals surface area contributed by atoms with E-state index in [2.05, 4.69) is 45.1 Å². The number of nitrogens with zero attached hydrogens (tertiary/aromatic N) is 1. The third kappa shape index (κ3) is 4.67. The van der Waals surface area contributed by atoms with Crippen molar-refractivity contribution in [2.75, 3.05) is 6.54 Å². The highest BCUT2D eigenvalue weighted by Crippen LogP contribution is 2.48. The van der Waals surface area contributed by atoms with E-state index in [0.29, 0.717) is 24.0 Å². The lowest BCUT2D eigenvalue weighted by Gasteiger charge is -2.53. The van der Waals surface area contributed by atoms with Gasteiger partial charge in [-0.2, -0.15) is 0 Å². The molecule has 0 bridgehead atoms. The Labute approximate surface area is 157 Å². The molecule has 0 unspecified atom stereocenters. The molecule has 1 aromatic heterocycles. The highest BCUT2D eigenvalue weighted by Gasteiger charge is 2.47. The molecule has 0 aliphatic heterocycles. The van der Waals surface area contributed by atoms with Gasteiger partial charge in [-0.15, -0.1) is 0 Å². The molecular weight excluding hydrogens is 324 g/mol. The van der Waals surface area contributed by atoms with E-state index in [4.69, 9.17) is 9.26 Å². The second kappa shape index (κ2) is 7.43. The summed E-state index contributed by atoms with van der Waals surface area (Å²) in [7, 11) is 0. The minimum Gasteiger partial charge on any atom is -0.486 e. The Kier molecular flexibility index (Phi) is 5.42. The van der Waals surface area contributed by atoms with E-state index in [0.717, 1.165) is 30.2 Å². The zero-order chi connectivity index (χ0) is 18.8. The van der Waals surface area contributed by atoms with Crippen LogP contribution in [0.5, 0.6) is 5.75 Å². The van der Waals surface area contributed by atoms with Gasteiger partial charge in [-0.1, -0.05) is 58.0 Å². The fourth-order valence-electron chi connectivity index (χ4n) is 3.58. The summed E-state index contributed by atoms with van der Waals surface area (Å²) in [4.78, 5) is 0. The fraction of sp³-hybridized carbons (Fsp3) is 0.591. The van der Waals surface area contributed by atoms with E-state index in [1.165, 1.54) is 6.42 Å². The van der Waals surface area contributed by atoms with Crippen LogP contribution in [-0.4, -0.2) is 17.7 Å². The number of para-hydroxylation sites is 1. The largest absolute Gasteiger partial charge is 0.486 e. The molecule has 142 valence electrons. The van der Waals surface area contributed by atoms with Gasteiger partial charge in [0, 0.05) is 18.7 Å². The summed E-state index contributed by atoms with van der Waals surface area (Å²) in [6.07, 6.45) is 2.17. The summed E-state index contributed by atoms with van der Waals surface area (Å²) >= 11 is 0. The lowest BCUT2D eigenvalue weighted by atomic mass is 9.57. The van der Waals surface area contributed by atoms with Crippen molar-refractivity contribution in [2.45, 2.75) is 60.1 Å². The van der Waals surface area contributed by atoms with E-state index >= 15 is 0 Å². The second-order valence-electron chi connectivity index (χ2n) is 9.34. The third-order valence-electron chi connectivity index (χ3n) is 5.54. The van der Waals surface area contributed by atoms with Gasteiger partial charge in [0.1, 0.15) is 12.4 Å². The average Bonchev–Trinajstić information content (AvgIpc) is 3.03. The van der Waals surface area contributed by atoms with Crippen LogP contribution >= 0.6 is 0 Å². The lowest BCUT2D eigenvalue weighted by Crippen LogP contribution is -2.58. The van der Waals surface area contributed by atoms with Crippen LogP contribution in [0, 0.1) is 16.7 Å². The number of nitrogens with one attached hydrogen (secondary N) is 1. The Bertz CT molecular complexity index is 700. The molecule has 1 aliphatic carbocycles. The minimum absolute atomic E-state index is 0.283. The van der Waals surface area contributed by atoms with Crippen LogP contribution in [0.25, 0.3) is 0 Å². The molecule has 0 amide bonds. The predicted octanol–water partition coefficient (Wildman–Crippen LogP) is 4.85. The lowest BCUT2D eigenvalue weighted by molar-refractivity contribution is 0.00912. The fourth-order valence-corrected chi connectivity index (χ4v) is 3.58. The molecule has 4 heteroatoms. The van der Waals surface area contributed by atoms with Crippen LogP contribution in [-0.2, 0) is 13.0 Å². The molecule has 1 aromatic carbocycles. The maximum absolute atomic E-state index is 5.73. The summed E-state index contributed by atoms with van der Waals surface area (Å²) in [5.74, 6) is 2.26. The molecular formula is C22H32N2O2. The zero-order valence-corrected chi connectivity index (χ0v) is 16.7. The van der Waals surface area contributed by atoms with Crippen molar-refractivity contribution in [3.63, 3.8) is 0 Å². The molecule has 4 nitrogen and oxygen atoms in total. The normalized spacial score (nSPS) is 22.0. The van der Waals surface area contributed by atoms with E-state index in [1.54, 1.807) is 0 Å². The van der Waals surface area contributed by atoms with Gasteiger partial charge in [0.15, 0.2) is 5.76 Å². The SMILES string of the molecule is CC(C)(C)CN[C@H]1C[C@@H](Cc2cc(COc3ccccc3)on2)C1(C)C. The molecule has 2 aromatic rings. The van der Waals surface area contributed by atoms with Crippen molar-refractivity contribution in [1.29, 1.82) is 0 Å². The molecule has 1 saturated carbocycles. The summed E-state index contributed by atoms with van der Waals surface area (Å²) in [5.41, 5.74) is 1.63. The summed E-state index contributed by atoms with van der Waals surface area (Å²) in [6.45, 7) is 13.0. The zero-order valence-electron chi connectivity index (χ0n) is 16.7. The average molecular weight is 357 g/mol. The second-order valence-corrected chi connectivity index (χ2v) is 9.34. The van der Waals surface area contributed by atoms with Crippen LogP contribution in [0.15, 0.2) is 40.9 Å². The van der Waals surface area contributed by atoms with Gasteiger partial charge in [0.25, 0.3) is 0 Å². The molecule has 1 fully saturated rings. The van der Waals surface area contributed by atoms with Crippen LogP contribution in [0.2, 0.25) is 0 Å². The quantitative estimate of drug-likeness (QED) is 0.770. The first-order valence-electron chi connectivity index (χ1n) is 9.60. The van der Waals surface area contributed by atoms with Crippen LogP contribution in [0.4, 0.5) is 0 Å². The Morgan fingerprint density at radius 1 is 1.23 bits per heavy atom. The Morgan fingerprint density at radius 3 is 2.62 bits per heavy atom. The Hall–Kier alpha value is -1.81. The van der Waals surface area contributed by atoms with E-state index < -0.39 is 0 Å². The van der Waals surface area contributed by atoms with Crippen molar-refractivity contribution in [1.82, 2.24) is 10.5 Å². The Morgan fingerprint density at radius 2 is 1.96 bits per heavy atom. The molecule has 1 heterocycles. The van der Waals surface area contributed by atoms with E-state index in [1.807, 2.05) is 36.4 Å². The molecule has 0 saturated heterocycles. The van der Waals surface area contributed by atoms with Gasteiger partial charge < -0.3 is 14.6 Å². The van der Waals surface area contributed by atoms with Crippen LogP contribution in [0.3, 0.4) is 0 Å². The number of hydrogen-bond donors (Lipinski definition) is 1. The summed E-state index contributed by atoms with van der Waals surface area (Å²) < 4.78 is 11.2. The van der Waals surface area contributed by atoms with Crippen molar-refractivity contribution in [3.8, 4) is 5.75 Å². The van der Waals surface area contributed by atoms with Crippen molar-refractivity contribution in [2.24, 2.45) is 16.7 Å². The number of aromatic nitrogens is 1. The molecule has 3 rings (SSSR count). The monoisotopic (exact) mass is 356 g/mol. The molecule has 2 atom stereocenters. The first-order valence-corrected chi connectivity index (χ1v) is 9.60. The first-order chi connectivity index (χ1) is 12.2. The predicted molar refractivity (Wildman–Crippen MR) is 104 cm³/mol. The van der Waals surface area contributed by atoms with Gasteiger partial charge in [-0.3, -0.25) is 0 Å². The summed E-state index contributed by atoms with van der Waals surface area (Å²) in [5, 5.41) is 8.00. The molecule has 1 N–H and O–H groups in total. The molecule has 0 radical (unpaired) electrons. The highest BCUT2D eigenvalue weighted by molar-refractivity contribution is 5.21. The van der Waals surface area contributed by atoms with Crippen molar-refractivity contribution >= 4 is 0 Å². The molecule has 0 spiro atoms. The van der Waals surface area contributed by atoms with E-state index in [9.17, 15) is 0 Å². The van der Waals surface area contributed by atoms with E-state index in [-0.39, 0.29) is 5.41 Å². The van der Waals surface area contributed by atoms with Gasteiger partial charge in [-0.05, 0) is 41.7 Å². The van der Waals surface area contributed by atoms with Crippen molar-refractivity contribution < 1.29 is 9.26 Å². The standard InChI is InChI=1S/C22H32N2O2/c1-21(2,3)15-23-20-12-16(22(20,4)5)11-17-13-19(26-24-17)14-25-18-9-7-6-8-10-18/h6-10,13,16,20,23H,11-12,14-15H2,1-5H3/t16-,20+/m1/s1. The van der Waals surface area contributed by atoms with Crippen LogP contribution in [0.1, 0.15) is 52.5 Å². The number of rotatable bonds is 7. The molecule has 1 aliphatic rings. The van der Waals surface area contributed by atoms with Gasteiger partial charge >= 0.3 is 0 Å². The van der Waals surface area contributed by atoms with Crippen LogP contribution < -0.4 is 10.1 Å². The first kappa shape index (κ1) is 19.0. The number of hydrogen-bond acceptors (Lipinski definition) is 4. The van der Waals surface area contributed by atoms with Gasteiger partial charge in [0.2, 0.25) is 0 Å². The van der Waals surface area contributed by atoms with Gasteiger partial charge in [-0.25, -0.2) is 0 Å². The number of benzene rings is 1. The maximum atomic E-state index is 5.73. The Balaban J connectivity index is 1.49. The maximum Gasteiger partial charge on any atom is 0.174 e. The topological polar surface area (TPSA) is 47.3 Å². The molecule has 26 heavy (non-hydrogen) atoms. The summed E-state index contributed by atoms with van der Waals surface area (Å²) in [6, 6.07) is 12.4. The third-order valence-corrected chi connectivity index (χ3v) is 5.54. The van der Waals surface area contributed by atoms with Crippen molar-refractivity contribution in [3.05, 3.63) is 47.9 Å². The minimum atomic E-state index is 0.283.